The predicted molar refractivity (Wildman–Crippen MR) is 98.9 cm³/mol. The molecule has 1 aromatic carbocycles. The van der Waals surface area contributed by atoms with E-state index in [2.05, 4.69) is 20.4 Å². The van der Waals surface area contributed by atoms with Crippen LogP contribution in [-0.4, -0.2) is 34.9 Å². The number of hydrogen-bond acceptors (Lipinski definition) is 5. The van der Waals surface area contributed by atoms with Crippen LogP contribution >= 0.6 is 23.4 Å². The van der Waals surface area contributed by atoms with Gasteiger partial charge in [-0.3, -0.25) is 4.79 Å². The first-order valence-corrected chi connectivity index (χ1v) is 9.34. The second-order valence-corrected chi connectivity index (χ2v) is 7.06. The van der Waals surface area contributed by atoms with E-state index in [1.807, 2.05) is 18.2 Å². The zero-order valence-corrected chi connectivity index (χ0v) is 14.8. The quantitative estimate of drug-likeness (QED) is 0.818. The number of benzene rings is 1. The molecule has 24 heavy (non-hydrogen) atoms. The molecule has 7 heteroatoms. The Morgan fingerprint density at radius 1 is 1.17 bits per heavy atom. The van der Waals surface area contributed by atoms with Crippen molar-refractivity contribution in [3.63, 3.8) is 0 Å². The molecular weight excluding hydrogens is 344 g/mol. The topological polar surface area (TPSA) is 58.1 Å². The van der Waals surface area contributed by atoms with E-state index < -0.39 is 0 Å². The molecule has 0 radical (unpaired) electrons. The van der Waals surface area contributed by atoms with Gasteiger partial charge in [0.2, 0.25) is 5.91 Å². The minimum atomic E-state index is -0.0934. The highest BCUT2D eigenvalue weighted by Crippen LogP contribution is 2.21. The van der Waals surface area contributed by atoms with Gasteiger partial charge in [-0.05, 0) is 49.6 Å². The molecule has 1 aliphatic rings. The number of hydrogen-bond donors (Lipinski definition) is 1. The van der Waals surface area contributed by atoms with Gasteiger partial charge in [0, 0.05) is 23.8 Å². The molecule has 1 aromatic heterocycles. The summed E-state index contributed by atoms with van der Waals surface area (Å²) in [5.74, 6) is 1.11. The molecule has 126 valence electrons. The highest BCUT2D eigenvalue weighted by Gasteiger charge is 2.12. The minimum absolute atomic E-state index is 0.0934. The van der Waals surface area contributed by atoms with Crippen LogP contribution in [0.3, 0.4) is 0 Å². The number of halogens is 1. The Morgan fingerprint density at radius 2 is 2.00 bits per heavy atom. The van der Waals surface area contributed by atoms with Crippen molar-refractivity contribution in [1.29, 1.82) is 0 Å². The van der Waals surface area contributed by atoms with Crippen molar-refractivity contribution in [2.45, 2.75) is 24.3 Å². The maximum Gasteiger partial charge on any atom is 0.234 e. The molecule has 0 saturated carbocycles. The SMILES string of the molecule is O=C(CSc1ccc(N2CCCCC2)nn1)Nc1cccc(Cl)c1. The average molecular weight is 363 g/mol. The molecule has 1 saturated heterocycles. The van der Waals surface area contributed by atoms with Crippen LogP contribution in [0.15, 0.2) is 41.4 Å². The number of rotatable bonds is 5. The zero-order valence-electron chi connectivity index (χ0n) is 13.2. The molecule has 5 nitrogen and oxygen atoms in total. The van der Waals surface area contributed by atoms with Crippen molar-refractivity contribution in [3.05, 3.63) is 41.4 Å². The maximum atomic E-state index is 12.0. The van der Waals surface area contributed by atoms with Gasteiger partial charge in [-0.2, -0.15) is 0 Å². The zero-order chi connectivity index (χ0) is 16.8. The van der Waals surface area contributed by atoms with Crippen LogP contribution in [0.2, 0.25) is 5.02 Å². The second-order valence-electron chi connectivity index (χ2n) is 5.62. The van der Waals surface area contributed by atoms with E-state index in [-0.39, 0.29) is 11.7 Å². The lowest BCUT2D eigenvalue weighted by atomic mass is 10.1. The molecule has 1 N–H and O–H groups in total. The van der Waals surface area contributed by atoms with Gasteiger partial charge >= 0.3 is 0 Å². The molecule has 3 rings (SSSR count). The normalized spacial score (nSPS) is 14.5. The number of amides is 1. The van der Waals surface area contributed by atoms with Gasteiger partial charge < -0.3 is 10.2 Å². The molecule has 1 fully saturated rings. The Kier molecular flexibility index (Phi) is 5.93. The third-order valence-corrected chi connectivity index (χ3v) is 4.92. The van der Waals surface area contributed by atoms with Gasteiger partial charge in [0.15, 0.2) is 5.82 Å². The van der Waals surface area contributed by atoms with Gasteiger partial charge in [0.25, 0.3) is 0 Å². The lowest BCUT2D eigenvalue weighted by Crippen LogP contribution is -2.30. The standard InChI is InChI=1S/C17H19ClN4OS/c18-13-5-4-6-14(11-13)19-16(23)12-24-17-8-7-15(20-21-17)22-9-2-1-3-10-22/h4-8,11H,1-3,9-10,12H2,(H,19,23). The van der Waals surface area contributed by atoms with Gasteiger partial charge in [-0.1, -0.05) is 29.4 Å². The summed E-state index contributed by atoms with van der Waals surface area (Å²) in [6.45, 7) is 2.09. The van der Waals surface area contributed by atoms with Gasteiger partial charge in [-0.15, -0.1) is 10.2 Å². The Morgan fingerprint density at radius 3 is 2.71 bits per heavy atom. The van der Waals surface area contributed by atoms with E-state index in [4.69, 9.17) is 11.6 Å². The number of aromatic nitrogens is 2. The summed E-state index contributed by atoms with van der Waals surface area (Å²) >= 11 is 7.27. The summed E-state index contributed by atoms with van der Waals surface area (Å²) in [6.07, 6.45) is 3.71. The van der Waals surface area contributed by atoms with Crippen LogP contribution in [0.4, 0.5) is 11.5 Å². The lowest BCUT2D eigenvalue weighted by Gasteiger charge is -2.27. The van der Waals surface area contributed by atoms with Crippen molar-refractivity contribution < 1.29 is 4.79 Å². The summed E-state index contributed by atoms with van der Waals surface area (Å²) in [4.78, 5) is 14.2. The van der Waals surface area contributed by atoms with E-state index in [1.165, 1.54) is 31.0 Å². The number of carbonyl (C=O) groups is 1. The van der Waals surface area contributed by atoms with Crippen molar-refractivity contribution in [3.8, 4) is 0 Å². The largest absolute Gasteiger partial charge is 0.355 e. The first-order chi connectivity index (χ1) is 11.7. The van der Waals surface area contributed by atoms with Crippen LogP contribution in [0.25, 0.3) is 0 Å². The van der Waals surface area contributed by atoms with Gasteiger partial charge in [0.1, 0.15) is 5.03 Å². The van der Waals surface area contributed by atoms with Crippen molar-refractivity contribution in [1.82, 2.24) is 10.2 Å². The number of anilines is 2. The summed E-state index contributed by atoms with van der Waals surface area (Å²) in [5, 5.41) is 12.7. The van der Waals surface area contributed by atoms with Gasteiger partial charge in [-0.25, -0.2) is 0 Å². The highest BCUT2D eigenvalue weighted by atomic mass is 35.5. The summed E-state index contributed by atoms with van der Waals surface area (Å²) in [7, 11) is 0. The number of nitrogens with one attached hydrogen (secondary N) is 1. The minimum Gasteiger partial charge on any atom is -0.355 e. The third-order valence-electron chi connectivity index (χ3n) is 3.77. The van der Waals surface area contributed by atoms with Crippen LogP contribution in [-0.2, 0) is 4.79 Å². The highest BCUT2D eigenvalue weighted by molar-refractivity contribution is 7.99. The first kappa shape index (κ1) is 17.0. The maximum absolute atomic E-state index is 12.0. The molecule has 1 amide bonds. The monoisotopic (exact) mass is 362 g/mol. The molecule has 0 bridgehead atoms. The number of nitrogens with zero attached hydrogens (tertiary/aromatic N) is 3. The smallest absolute Gasteiger partial charge is 0.234 e. The number of piperidine rings is 1. The molecule has 1 aliphatic heterocycles. The van der Waals surface area contributed by atoms with E-state index in [9.17, 15) is 4.79 Å². The predicted octanol–water partition coefficient (Wildman–Crippen LogP) is 3.85. The molecule has 0 atom stereocenters. The average Bonchev–Trinajstić information content (AvgIpc) is 2.61. The molecular formula is C17H19ClN4OS. The third kappa shape index (κ3) is 4.85. The van der Waals surface area contributed by atoms with Crippen LogP contribution < -0.4 is 10.2 Å². The van der Waals surface area contributed by atoms with E-state index in [0.717, 1.165) is 23.9 Å². The fourth-order valence-corrected chi connectivity index (χ4v) is 3.39. The Bertz CT molecular complexity index is 689. The molecule has 2 heterocycles. The lowest BCUT2D eigenvalue weighted by molar-refractivity contribution is -0.113. The van der Waals surface area contributed by atoms with Crippen molar-refractivity contribution in [2.24, 2.45) is 0 Å². The van der Waals surface area contributed by atoms with Crippen molar-refractivity contribution >= 4 is 40.8 Å². The Labute approximate surface area is 150 Å². The first-order valence-electron chi connectivity index (χ1n) is 7.97. The Hall–Kier alpha value is -1.79. The van der Waals surface area contributed by atoms with Gasteiger partial charge in [0.05, 0.1) is 5.75 Å². The fourth-order valence-electron chi connectivity index (χ4n) is 2.58. The molecule has 2 aromatic rings. The number of carbonyl (C=O) groups excluding carboxylic acids is 1. The van der Waals surface area contributed by atoms with E-state index >= 15 is 0 Å². The fraction of sp³-hybridized carbons (Fsp3) is 0.353. The van der Waals surface area contributed by atoms with Crippen LogP contribution in [0.1, 0.15) is 19.3 Å². The Balaban J connectivity index is 1.50. The second kappa shape index (κ2) is 8.35. The molecule has 0 spiro atoms. The van der Waals surface area contributed by atoms with E-state index in [1.54, 1.807) is 18.2 Å². The van der Waals surface area contributed by atoms with E-state index in [0.29, 0.717) is 10.7 Å². The summed E-state index contributed by atoms with van der Waals surface area (Å²) in [6, 6.07) is 11.0. The molecule has 0 aliphatic carbocycles. The summed E-state index contributed by atoms with van der Waals surface area (Å²) < 4.78 is 0. The summed E-state index contributed by atoms with van der Waals surface area (Å²) in [5.41, 5.74) is 0.694. The van der Waals surface area contributed by atoms with Crippen molar-refractivity contribution in [2.75, 3.05) is 29.1 Å². The molecule has 0 unspecified atom stereocenters. The van der Waals surface area contributed by atoms with Crippen LogP contribution in [0.5, 0.6) is 0 Å². The van der Waals surface area contributed by atoms with Crippen LogP contribution in [0, 0.1) is 0 Å². The number of thioether (sulfide) groups is 1.